The van der Waals surface area contributed by atoms with Gasteiger partial charge in [-0.25, -0.2) is 0 Å². The van der Waals surface area contributed by atoms with Gasteiger partial charge in [-0.05, 0) is 19.1 Å². The molecule has 0 heterocycles. The van der Waals surface area contributed by atoms with E-state index in [9.17, 15) is 0 Å². The van der Waals surface area contributed by atoms with E-state index in [0.29, 0.717) is 0 Å². The minimum Gasteiger partial charge on any atom is -1.00 e. The van der Waals surface area contributed by atoms with E-state index < -0.39 is 0 Å². The normalized spacial score (nSPS) is 11.9. The van der Waals surface area contributed by atoms with Gasteiger partial charge in [0.2, 0.25) is 0 Å². The molecule has 0 aliphatic carbocycles. The maximum atomic E-state index is 5.84. The molecule has 1 rings (SSSR count). The van der Waals surface area contributed by atoms with Crippen LogP contribution in [0.1, 0.15) is 12.5 Å². The first-order valence-corrected chi connectivity index (χ1v) is 6.80. The van der Waals surface area contributed by atoms with Gasteiger partial charge in [-0.3, -0.25) is 0 Å². The van der Waals surface area contributed by atoms with Crippen molar-refractivity contribution in [1.82, 2.24) is 0 Å². The summed E-state index contributed by atoms with van der Waals surface area (Å²) < 4.78 is 1.22. The van der Waals surface area contributed by atoms with Gasteiger partial charge in [0.05, 0.1) is 13.1 Å². The molecule has 1 nitrogen and oxygen atoms in total. The second-order valence-electron chi connectivity index (χ2n) is 3.35. The van der Waals surface area contributed by atoms with Gasteiger partial charge in [-0.2, -0.15) is 0 Å². The van der Waals surface area contributed by atoms with Gasteiger partial charge in [-0.1, -0.05) is 46.3 Å². The zero-order chi connectivity index (χ0) is 10.4. The van der Waals surface area contributed by atoms with E-state index >= 15 is 0 Å². The van der Waals surface area contributed by atoms with Crippen LogP contribution in [0, 0.1) is 0 Å². The quantitative estimate of drug-likeness (QED) is 0.441. The molecule has 1 N–H and O–H groups in total. The van der Waals surface area contributed by atoms with Crippen molar-refractivity contribution in [2.24, 2.45) is 0 Å². The molecule has 0 amide bonds. The van der Waals surface area contributed by atoms with Crippen LogP contribution in [0.25, 0.3) is 0 Å². The molecule has 1 aromatic rings. The molecular weight excluding hydrogens is 435 g/mol. The molecule has 0 bridgehead atoms. The molecule has 0 aliphatic heterocycles. The van der Waals surface area contributed by atoms with Crippen LogP contribution in [0.2, 0.25) is 5.02 Å². The van der Waals surface area contributed by atoms with E-state index in [4.69, 9.17) is 11.6 Å². The largest absolute Gasteiger partial charge is 1.00 e. The number of nitrogens with one attached hydrogen (secondary N) is 1. The zero-order valence-corrected chi connectivity index (χ0v) is 13.8. The van der Waals surface area contributed by atoms with Gasteiger partial charge in [0.15, 0.2) is 0 Å². The number of hydrogen-bond acceptors (Lipinski definition) is 0. The summed E-state index contributed by atoms with van der Waals surface area (Å²) >= 11 is 8.27. The number of hydrogen-bond donors (Lipinski definition) is 1. The maximum absolute atomic E-state index is 5.84. The van der Waals surface area contributed by atoms with Crippen molar-refractivity contribution >= 4 is 34.2 Å². The molecule has 0 fully saturated rings. The van der Waals surface area contributed by atoms with E-state index in [1.807, 2.05) is 12.1 Å². The molecule has 0 radical (unpaired) electrons. The summed E-state index contributed by atoms with van der Waals surface area (Å²) in [5.41, 5.74) is 1.37. The van der Waals surface area contributed by atoms with E-state index in [1.54, 1.807) is 4.90 Å². The minimum atomic E-state index is 0. The Hall–Kier alpha value is 0.930. The third kappa shape index (κ3) is 6.28. The van der Waals surface area contributed by atoms with E-state index in [1.165, 1.54) is 23.1 Å². The lowest BCUT2D eigenvalue weighted by atomic mass is 10.2. The standard InChI is InChI=1S/C11H15ClIN.HI/c1-2-14(8-7-13)9-10-3-5-11(12)6-4-10;/h3-6H,2,7-9H2,1H3;1H. The van der Waals surface area contributed by atoms with Crippen LogP contribution >= 0.6 is 34.2 Å². The average Bonchev–Trinajstić information content (AvgIpc) is 2.20. The first-order chi connectivity index (χ1) is 6.76. The number of alkyl halides is 1. The second kappa shape index (κ2) is 9.01. The highest BCUT2D eigenvalue weighted by Crippen LogP contribution is 2.08. The highest BCUT2D eigenvalue weighted by molar-refractivity contribution is 14.1. The molecule has 1 aromatic carbocycles. The molecule has 1 unspecified atom stereocenters. The lowest BCUT2D eigenvalue weighted by molar-refractivity contribution is -0.909. The summed E-state index contributed by atoms with van der Waals surface area (Å²) in [5.74, 6) is 0. The number of halogens is 3. The van der Waals surface area contributed by atoms with Gasteiger partial charge in [0.1, 0.15) is 6.54 Å². The van der Waals surface area contributed by atoms with Crippen molar-refractivity contribution in [3.63, 3.8) is 0 Å². The van der Waals surface area contributed by atoms with Gasteiger partial charge in [0, 0.05) is 15.0 Å². The zero-order valence-electron chi connectivity index (χ0n) is 8.77. The topological polar surface area (TPSA) is 4.44 Å². The summed E-state index contributed by atoms with van der Waals surface area (Å²) in [6, 6.07) is 8.17. The smallest absolute Gasteiger partial charge is 0.103 e. The molecule has 0 aromatic heterocycles. The van der Waals surface area contributed by atoms with Gasteiger partial charge >= 0.3 is 0 Å². The Kier molecular flexibility index (Phi) is 9.57. The first-order valence-electron chi connectivity index (χ1n) is 4.90. The van der Waals surface area contributed by atoms with Crippen molar-refractivity contribution in [3.05, 3.63) is 34.9 Å². The van der Waals surface area contributed by atoms with E-state index in [0.717, 1.165) is 11.6 Å². The van der Waals surface area contributed by atoms with Gasteiger partial charge in [0.25, 0.3) is 0 Å². The second-order valence-corrected chi connectivity index (χ2v) is 4.86. The Morgan fingerprint density at radius 3 is 2.33 bits per heavy atom. The molecule has 0 spiro atoms. The SMILES string of the molecule is CC[NH+](CCI)Cc1ccc(Cl)cc1.[I-]. The first kappa shape index (κ1) is 15.9. The van der Waals surface area contributed by atoms with Crippen molar-refractivity contribution in [1.29, 1.82) is 0 Å². The summed E-state index contributed by atoms with van der Waals surface area (Å²) in [6.07, 6.45) is 0. The van der Waals surface area contributed by atoms with Crippen LogP contribution in [0.5, 0.6) is 0 Å². The Morgan fingerprint density at radius 2 is 1.87 bits per heavy atom. The number of rotatable bonds is 5. The van der Waals surface area contributed by atoms with Gasteiger partial charge in [-0.15, -0.1) is 0 Å². The van der Waals surface area contributed by atoms with Crippen molar-refractivity contribution < 1.29 is 28.9 Å². The molecule has 0 aliphatic rings. The minimum absolute atomic E-state index is 0. The predicted octanol–water partition coefficient (Wildman–Crippen LogP) is -0.816. The molecule has 0 saturated carbocycles. The highest BCUT2D eigenvalue weighted by atomic mass is 127. The van der Waals surface area contributed by atoms with Crippen LogP contribution in [-0.2, 0) is 6.54 Å². The third-order valence-corrected chi connectivity index (χ3v) is 3.11. The summed E-state index contributed by atoms with van der Waals surface area (Å²) in [5, 5.41) is 0.820. The predicted molar refractivity (Wildman–Crippen MR) is 70.4 cm³/mol. The Morgan fingerprint density at radius 1 is 1.27 bits per heavy atom. The van der Waals surface area contributed by atoms with Crippen LogP contribution in [0.4, 0.5) is 0 Å². The molecule has 1 atom stereocenters. The molecule has 0 saturated heterocycles. The fourth-order valence-electron chi connectivity index (χ4n) is 1.41. The molecule has 15 heavy (non-hydrogen) atoms. The molecule has 4 heteroatoms. The Labute approximate surface area is 128 Å². The van der Waals surface area contributed by atoms with Crippen LogP contribution in [0.3, 0.4) is 0 Å². The monoisotopic (exact) mass is 451 g/mol. The maximum Gasteiger partial charge on any atom is 0.103 e. The number of quaternary nitrogens is 1. The lowest BCUT2D eigenvalue weighted by Gasteiger charge is -2.16. The van der Waals surface area contributed by atoms with E-state index in [-0.39, 0.29) is 24.0 Å². The van der Waals surface area contributed by atoms with Crippen molar-refractivity contribution in [2.75, 3.05) is 17.5 Å². The van der Waals surface area contributed by atoms with Crippen molar-refractivity contribution in [2.45, 2.75) is 13.5 Å². The van der Waals surface area contributed by atoms with Crippen LogP contribution < -0.4 is 28.9 Å². The summed E-state index contributed by atoms with van der Waals surface area (Å²) in [4.78, 5) is 1.63. The molecular formula is C11H16ClI2N. The highest BCUT2D eigenvalue weighted by Gasteiger charge is 2.05. The lowest BCUT2D eigenvalue weighted by Crippen LogP contribution is -3.10. The van der Waals surface area contributed by atoms with Crippen LogP contribution in [-0.4, -0.2) is 17.5 Å². The van der Waals surface area contributed by atoms with Crippen LogP contribution in [0.15, 0.2) is 24.3 Å². The third-order valence-electron chi connectivity index (χ3n) is 2.32. The average molecular weight is 452 g/mol. The summed E-state index contributed by atoms with van der Waals surface area (Å²) in [6.45, 7) is 5.76. The summed E-state index contributed by atoms with van der Waals surface area (Å²) in [7, 11) is 0. The van der Waals surface area contributed by atoms with Gasteiger partial charge < -0.3 is 28.9 Å². The molecule has 86 valence electrons. The Balaban J connectivity index is 0.00000196. The number of benzene rings is 1. The van der Waals surface area contributed by atoms with Crippen molar-refractivity contribution in [3.8, 4) is 0 Å². The Bertz CT molecular complexity index is 264. The fourth-order valence-corrected chi connectivity index (χ4v) is 2.30. The van der Waals surface area contributed by atoms with E-state index in [2.05, 4.69) is 41.6 Å². The fraction of sp³-hybridized carbons (Fsp3) is 0.455.